The van der Waals surface area contributed by atoms with Crippen molar-refractivity contribution in [2.45, 2.75) is 173 Å². The van der Waals surface area contributed by atoms with Crippen molar-refractivity contribution in [3.8, 4) is 0 Å². The number of carbonyl (C=O) groups excluding carboxylic acids is 4. The Bertz CT molecular complexity index is 1510. The first-order chi connectivity index (χ1) is 26.1. The maximum atomic E-state index is 13.3. The summed E-state index contributed by atoms with van der Waals surface area (Å²) in [7, 11) is 2.51. The smallest absolute Gasteiger partial charge is 0.330 e. The van der Waals surface area contributed by atoms with Crippen LogP contribution in [0.25, 0.3) is 0 Å². The molecule has 0 amide bonds. The molecule has 56 heavy (non-hydrogen) atoms. The molecule has 0 aromatic heterocycles. The summed E-state index contributed by atoms with van der Waals surface area (Å²) in [4.78, 5) is 50.9. The van der Waals surface area contributed by atoms with E-state index in [1.165, 1.54) is 33.3 Å². The van der Waals surface area contributed by atoms with Gasteiger partial charge in [0.25, 0.3) is 0 Å². The van der Waals surface area contributed by atoms with Crippen molar-refractivity contribution in [1.29, 1.82) is 0 Å². The van der Waals surface area contributed by atoms with E-state index in [-0.39, 0.29) is 57.8 Å². The molecule has 4 aliphatic rings. The molecule has 316 valence electrons. The minimum atomic E-state index is -1.99. The molecule has 3 saturated heterocycles. The van der Waals surface area contributed by atoms with Crippen LogP contribution in [0.5, 0.6) is 0 Å². The molecule has 3 fully saturated rings. The van der Waals surface area contributed by atoms with E-state index in [0.717, 1.165) is 0 Å². The van der Waals surface area contributed by atoms with E-state index >= 15 is 0 Å². The summed E-state index contributed by atoms with van der Waals surface area (Å²) in [5.74, 6) is -6.35. The van der Waals surface area contributed by atoms with E-state index in [2.05, 4.69) is 0 Å². The Hall–Kier alpha value is -3.18. The molecule has 0 spiro atoms. The fourth-order valence-corrected chi connectivity index (χ4v) is 7.95. The predicted octanol–water partition coefficient (Wildman–Crippen LogP) is 3.63. The molecule has 15 nitrogen and oxygen atoms in total. The van der Waals surface area contributed by atoms with E-state index in [1.807, 2.05) is 6.92 Å². The number of aliphatic hydroxyl groups is 4. The summed E-state index contributed by atoms with van der Waals surface area (Å²) < 4.78 is 40.7. The minimum absolute atomic E-state index is 0.0616. The van der Waals surface area contributed by atoms with Crippen LogP contribution in [-0.2, 0) is 52.3 Å². The molecule has 4 N–H and O–H groups in total. The highest BCUT2D eigenvalue weighted by atomic mass is 16.6. The number of aliphatic hydroxyl groups excluding tert-OH is 2. The van der Waals surface area contributed by atoms with Gasteiger partial charge in [-0.1, -0.05) is 57.9 Å². The van der Waals surface area contributed by atoms with Gasteiger partial charge in [-0.25, -0.2) is 9.59 Å². The standard InChI is InChI=1S/C41H62O15/c1-9-10-34(44)54-33-21-30-18-27(43)19-37(47)53-32(24(2)42)20-29-15-26(17-36(46)51-8)22-40(48,55-29)38(3,4)12-11-28-13-25(16-35(45)50-7)14-31(52-28)23-41(49,56-30)39(33,5)6/h11-12,16-17,24,27-33,42-43,48-49H,9-10,13-15,18-23H2,1-8H3/b12-11+,25-16+,26-17+/t24-,27-,28+,29+,30-,31+,32-,33+,40-,41+/m1/s1. The first kappa shape index (κ1) is 45.5. The van der Waals surface area contributed by atoms with Crippen molar-refractivity contribution >= 4 is 23.9 Å². The zero-order chi connectivity index (χ0) is 41.6. The van der Waals surface area contributed by atoms with Crippen molar-refractivity contribution in [2.24, 2.45) is 10.8 Å². The van der Waals surface area contributed by atoms with Crippen LogP contribution >= 0.6 is 0 Å². The highest BCUT2D eigenvalue weighted by Crippen LogP contribution is 2.50. The molecule has 0 aromatic rings. The van der Waals surface area contributed by atoms with Gasteiger partial charge in [-0.3, -0.25) is 9.59 Å². The van der Waals surface area contributed by atoms with Crippen LogP contribution in [0.1, 0.15) is 112 Å². The highest BCUT2D eigenvalue weighted by Gasteiger charge is 2.58. The van der Waals surface area contributed by atoms with Gasteiger partial charge < -0.3 is 53.6 Å². The van der Waals surface area contributed by atoms with Crippen molar-refractivity contribution < 1.29 is 72.8 Å². The number of rotatable bonds is 6. The molecule has 0 aromatic carbocycles. The van der Waals surface area contributed by atoms with Gasteiger partial charge in [0.1, 0.15) is 12.2 Å². The van der Waals surface area contributed by atoms with Crippen molar-refractivity contribution in [3.05, 3.63) is 35.5 Å². The minimum Gasteiger partial charge on any atom is -0.466 e. The fourth-order valence-electron chi connectivity index (χ4n) is 7.95. The Labute approximate surface area is 329 Å². The average Bonchev–Trinajstić information content (AvgIpc) is 3.08. The normalized spacial score (nSPS) is 37.7. The molecule has 0 aliphatic carbocycles. The van der Waals surface area contributed by atoms with Crippen LogP contribution in [-0.4, -0.2) is 119 Å². The summed E-state index contributed by atoms with van der Waals surface area (Å²) >= 11 is 0. The highest BCUT2D eigenvalue weighted by molar-refractivity contribution is 5.83. The lowest BCUT2D eigenvalue weighted by Crippen LogP contribution is -2.62. The van der Waals surface area contributed by atoms with Crippen LogP contribution < -0.4 is 0 Å². The van der Waals surface area contributed by atoms with Gasteiger partial charge in [0.15, 0.2) is 11.6 Å². The number of fused-ring (bicyclic) bond motifs is 6. The molecule has 0 unspecified atom stereocenters. The number of cyclic esters (lactones) is 1. The third-order valence-electron chi connectivity index (χ3n) is 11.6. The summed E-state index contributed by atoms with van der Waals surface area (Å²) in [6.07, 6.45) is -0.748. The van der Waals surface area contributed by atoms with Crippen molar-refractivity contribution in [2.75, 3.05) is 14.2 Å². The molecule has 4 heterocycles. The van der Waals surface area contributed by atoms with Gasteiger partial charge in [-0.05, 0) is 32.6 Å². The molecule has 15 heteroatoms. The largest absolute Gasteiger partial charge is 0.466 e. The van der Waals surface area contributed by atoms with Crippen LogP contribution in [0.15, 0.2) is 35.5 Å². The van der Waals surface area contributed by atoms with Gasteiger partial charge >= 0.3 is 23.9 Å². The number of hydrogen-bond acceptors (Lipinski definition) is 15. The zero-order valence-electron chi connectivity index (χ0n) is 34.0. The van der Waals surface area contributed by atoms with E-state index < -0.39 is 102 Å². The predicted molar refractivity (Wildman–Crippen MR) is 199 cm³/mol. The molecule has 6 bridgehead atoms. The Morgan fingerprint density at radius 1 is 0.893 bits per heavy atom. The van der Waals surface area contributed by atoms with Gasteiger partial charge in [-0.15, -0.1) is 0 Å². The van der Waals surface area contributed by atoms with Gasteiger partial charge in [0.05, 0.1) is 62.7 Å². The van der Waals surface area contributed by atoms with Crippen LogP contribution in [0.3, 0.4) is 0 Å². The van der Waals surface area contributed by atoms with Gasteiger partial charge in [0, 0.05) is 56.1 Å². The maximum absolute atomic E-state index is 13.3. The van der Waals surface area contributed by atoms with E-state index in [1.54, 1.807) is 39.8 Å². The van der Waals surface area contributed by atoms with Crippen molar-refractivity contribution in [3.63, 3.8) is 0 Å². The quantitative estimate of drug-likeness (QED) is 0.131. The second kappa shape index (κ2) is 18.6. The third kappa shape index (κ3) is 11.3. The lowest BCUT2D eigenvalue weighted by molar-refractivity contribution is -0.348. The lowest BCUT2D eigenvalue weighted by Gasteiger charge is -2.53. The number of esters is 4. The molecule has 0 radical (unpaired) electrons. The third-order valence-corrected chi connectivity index (χ3v) is 11.6. The lowest BCUT2D eigenvalue weighted by atomic mass is 9.70. The Morgan fingerprint density at radius 3 is 2.14 bits per heavy atom. The first-order valence-electron chi connectivity index (χ1n) is 19.6. The monoisotopic (exact) mass is 794 g/mol. The van der Waals surface area contributed by atoms with Crippen molar-refractivity contribution in [1.82, 2.24) is 0 Å². The van der Waals surface area contributed by atoms with E-state index in [9.17, 15) is 39.6 Å². The van der Waals surface area contributed by atoms with Crippen LogP contribution in [0, 0.1) is 10.8 Å². The molecular formula is C41H62O15. The summed E-state index contributed by atoms with van der Waals surface area (Å²) in [6, 6.07) is 0. The Kier molecular flexibility index (Phi) is 15.1. The Balaban J connectivity index is 1.80. The molecule has 4 rings (SSSR count). The SMILES string of the molecule is CCCC(=O)O[C@H]1C[C@H]2C[C@@H](O)CC(=O)O[C@@H]([C@@H](C)O)C[C@@H]3C/C(=C\C(=O)OC)C[C@@](O)(O3)C(C)(C)/C=C/[C@H]3C/C(=C\C(=O)OC)C[C@@H](C[C@](O)(O2)C1(C)C)O3. The second-order valence-corrected chi connectivity index (χ2v) is 16.9. The topological polar surface area (TPSA) is 214 Å². The summed E-state index contributed by atoms with van der Waals surface area (Å²) in [5.41, 5.74) is -1.15. The molecule has 0 saturated carbocycles. The summed E-state index contributed by atoms with van der Waals surface area (Å²) in [6.45, 7) is 10.2. The van der Waals surface area contributed by atoms with Crippen LogP contribution in [0.2, 0.25) is 0 Å². The molecule has 4 aliphatic heterocycles. The van der Waals surface area contributed by atoms with Gasteiger partial charge in [-0.2, -0.15) is 0 Å². The fraction of sp³-hybridized carbons (Fsp3) is 0.756. The number of hydrogen-bond donors (Lipinski definition) is 4. The van der Waals surface area contributed by atoms with Gasteiger partial charge in [0.2, 0.25) is 0 Å². The zero-order valence-corrected chi connectivity index (χ0v) is 34.0. The average molecular weight is 795 g/mol. The number of ether oxygens (including phenoxy) is 7. The van der Waals surface area contributed by atoms with E-state index in [4.69, 9.17) is 33.2 Å². The summed E-state index contributed by atoms with van der Waals surface area (Å²) in [5, 5.41) is 46.6. The maximum Gasteiger partial charge on any atom is 0.330 e. The van der Waals surface area contributed by atoms with Crippen LogP contribution in [0.4, 0.5) is 0 Å². The molecule has 10 atom stereocenters. The number of carbonyl (C=O) groups is 4. The second-order valence-electron chi connectivity index (χ2n) is 16.9. The first-order valence-corrected chi connectivity index (χ1v) is 19.6. The molecular weight excluding hydrogens is 732 g/mol. The Morgan fingerprint density at radius 2 is 1.52 bits per heavy atom. The number of methoxy groups -OCH3 is 2. The van der Waals surface area contributed by atoms with E-state index in [0.29, 0.717) is 17.6 Å².